The average molecular weight is 773 g/mol. The monoisotopic (exact) mass is 773 g/mol. The maximum absolute atomic E-state index is 12.4. The van der Waals surface area contributed by atoms with Crippen LogP contribution in [0.15, 0.2) is 71.8 Å². The molecular weight excluding hydrogens is 689 g/mol. The van der Waals surface area contributed by atoms with E-state index in [2.05, 4.69) is 100 Å². The second kappa shape index (κ2) is 31.8. The van der Waals surface area contributed by atoms with Crippen molar-refractivity contribution >= 4 is 11.4 Å². The molecule has 314 valence electrons. The summed E-state index contributed by atoms with van der Waals surface area (Å²) in [7, 11) is 0. The molecule has 2 aromatic rings. The van der Waals surface area contributed by atoms with Crippen molar-refractivity contribution in [3.63, 3.8) is 0 Å². The summed E-state index contributed by atoms with van der Waals surface area (Å²) < 4.78 is 1.61. The number of rotatable bonds is 33. The van der Waals surface area contributed by atoms with Crippen molar-refractivity contribution in [1.82, 2.24) is 0 Å². The van der Waals surface area contributed by atoms with Crippen molar-refractivity contribution in [1.29, 1.82) is 0 Å². The van der Waals surface area contributed by atoms with Crippen LogP contribution < -0.4 is 0 Å². The Morgan fingerprint density at radius 2 is 0.877 bits per heavy atom. The number of nitrogens with zero attached hydrogens (tertiary/aromatic N) is 2. The van der Waals surface area contributed by atoms with Gasteiger partial charge in [0.1, 0.15) is 0 Å². The Labute approximate surface area is 353 Å². The topological polar surface area (TPSA) is 25.3 Å². The van der Waals surface area contributed by atoms with Gasteiger partial charge in [-0.25, -0.2) is 4.70 Å². The van der Waals surface area contributed by atoms with Gasteiger partial charge in [-0.3, -0.25) is 0 Å². The minimum atomic E-state index is 0.860. The summed E-state index contributed by atoms with van der Waals surface area (Å²) in [4.78, 5) is 0. The maximum atomic E-state index is 12.4. The lowest BCUT2D eigenvalue weighted by molar-refractivity contribution is -0.345. The summed E-state index contributed by atoms with van der Waals surface area (Å²) in [5.74, 6) is 7.04. The highest BCUT2D eigenvalue weighted by Gasteiger charge is 2.36. The Hall–Kier alpha value is -3.18. The van der Waals surface area contributed by atoms with Crippen molar-refractivity contribution < 1.29 is 4.70 Å². The van der Waals surface area contributed by atoms with Gasteiger partial charge >= 0.3 is 0 Å². The van der Waals surface area contributed by atoms with E-state index in [0.29, 0.717) is 0 Å². The Bertz CT molecular complexity index is 1540. The third-order valence-corrected chi connectivity index (χ3v) is 12.1. The molecule has 0 N–H and O–H groups in total. The molecule has 0 radical (unpaired) electrons. The maximum Gasteiger partial charge on any atom is 0.211 e. The van der Waals surface area contributed by atoms with Crippen LogP contribution in [-0.4, -0.2) is 4.70 Å². The summed E-state index contributed by atoms with van der Waals surface area (Å²) in [5, 5.41) is 0. The summed E-state index contributed by atoms with van der Waals surface area (Å²) >= 11 is 0. The molecule has 2 aromatic carbocycles. The third kappa shape index (κ3) is 18.5. The molecule has 57 heavy (non-hydrogen) atoms. The predicted molar refractivity (Wildman–Crippen MR) is 251 cm³/mol. The summed E-state index contributed by atoms with van der Waals surface area (Å²) in [6.45, 7) is 8.98. The number of benzene rings is 2. The van der Waals surface area contributed by atoms with Crippen molar-refractivity contribution in [3.8, 4) is 11.8 Å². The van der Waals surface area contributed by atoms with E-state index in [1.54, 1.807) is 4.70 Å². The van der Waals surface area contributed by atoms with Gasteiger partial charge < -0.3 is 5.53 Å². The van der Waals surface area contributed by atoms with Crippen LogP contribution in [0.2, 0.25) is 0 Å². The van der Waals surface area contributed by atoms with Gasteiger partial charge in [-0.2, -0.15) is 0 Å². The molecule has 0 unspecified atom stereocenters. The van der Waals surface area contributed by atoms with Crippen molar-refractivity contribution in [2.45, 2.75) is 227 Å². The van der Waals surface area contributed by atoms with Gasteiger partial charge in [0.2, 0.25) is 11.4 Å². The highest BCUT2D eigenvalue weighted by Crippen LogP contribution is 2.46. The molecular formula is C55H84N2. The van der Waals surface area contributed by atoms with Crippen LogP contribution in [0.4, 0.5) is 0 Å². The van der Waals surface area contributed by atoms with Gasteiger partial charge in [0.05, 0.1) is 0 Å². The SMILES string of the molecule is CC=CCCCc1ccccc1C1=C(CCCCCCCC)C(CCCC)=C(c2ccccc2CCC#CCCCCCCCCCCCCCCCCC)[N+]1=[N-]. The van der Waals surface area contributed by atoms with Crippen LogP contribution in [0.25, 0.3) is 16.9 Å². The number of allylic oxidation sites excluding steroid dienone is 4. The minimum absolute atomic E-state index is 0.860. The second-order valence-corrected chi connectivity index (χ2v) is 16.9. The van der Waals surface area contributed by atoms with E-state index in [4.69, 9.17) is 0 Å². The van der Waals surface area contributed by atoms with Crippen LogP contribution in [0, 0.1) is 11.8 Å². The average Bonchev–Trinajstić information content (AvgIpc) is 3.50. The normalized spacial score (nSPS) is 13.0. The number of hydrogen-bond donors (Lipinski definition) is 0. The molecule has 0 spiro atoms. The molecule has 0 saturated carbocycles. The van der Waals surface area contributed by atoms with E-state index < -0.39 is 0 Å². The molecule has 0 bridgehead atoms. The molecule has 3 rings (SSSR count). The van der Waals surface area contributed by atoms with Gasteiger partial charge in [0.25, 0.3) is 0 Å². The zero-order valence-corrected chi connectivity index (χ0v) is 37.6. The fourth-order valence-corrected chi connectivity index (χ4v) is 8.66. The molecule has 0 atom stereocenters. The Morgan fingerprint density at radius 3 is 1.39 bits per heavy atom. The molecule has 2 nitrogen and oxygen atoms in total. The zero-order valence-electron chi connectivity index (χ0n) is 37.6. The Morgan fingerprint density at radius 1 is 0.456 bits per heavy atom. The van der Waals surface area contributed by atoms with Crippen LogP contribution in [0.1, 0.15) is 236 Å². The molecule has 2 heteroatoms. The van der Waals surface area contributed by atoms with E-state index in [1.807, 2.05) is 0 Å². The van der Waals surface area contributed by atoms with E-state index in [-0.39, 0.29) is 0 Å². The number of unbranched alkanes of at least 4 members (excludes halogenated alkanes) is 22. The fourth-order valence-electron chi connectivity index (χ4n) is 8.66. The molecule has 0 aromatic heterocycles. The first-order valence-electron chi connectivity index (χ1n) is 24.4. The lowest BCUT2D eigenvalue weighted by Gasteiger charge is -2.15. The van der Waals surface area contributed by atoms with Crippen LogP contribution in [0.3, 0.4) is 0 Å². The first-order chi connectivity index (χ1) is 28.2. The van der Waals surface area contributed by atoms with Gasteiger partial charge in [-0.15, -0.1) is 11.8 Å². The second-order valence-electron chi connectivity index (χ2n) is 16.9. The summed E-state index contributed by atoms with van der Waals surface area (Å²) in [6.07, 6.45) is 43.3. The molecule has 0 aliphatic carbocycles. The van der Waals surface area contributed by atoms with E-state index >= 15 is 0 Å². The van der Waals surface area contributed by atoms with Gasteiger partial charge in [-0.1, -0.05) is 198 Å². The Kier molecular flexibility index (Phi) is 26.9. The van der Waals surface area contributed by atoms with Gasteiger partial charge in [-0.05, 0) is 88.0 Å². The van der Waals surface area contributed by atoms with Gasteiger partial charge in [0.15, 0.2) is 0 Å². The third-order valence-electron chi connectivity index (χ3n) is 12.1. The first kappa shape index (κ1) is 48.2. The molecule has 0 fully saturated rings. The number of aryl methyl sites for hydroxylation is 2. The van der Waals surface area contributed by atoms with E-state index in [1.165, 1.54) is 168 Å². The molecule has 1 aliphatic rings. The fraction of sp³-hybridized carbons (Fsp3) is 0.636. The molecule has 1 heterocycles. The lowest BCUT2D eigenvalue weighted by atomic mass is 9.89. The van der Waals surface area contributed by atoms with Crippen LogP contribution >= 0.6 is 0 Å². The Balaban J connectivity index is 1.63. The number of hydrogen-bond acceptors (Lipinski definition) is 0. The van der Waals surface area contributed by atoms with Crippen molar-refractivity contribution in [3.05, 3.63) is 99.6 Å². The first-order valence-corrected chi connectivity index (χ1v) is 24.4. The zero-order chi connectivity index (χ0) is 40.6. The largest absolute Gasteiger partial charge is 0.493 e. The van der Waals surface area contributed by atoms with Crippen molar-refractivity contribution in [2.24, 2.45) is 0 Å². The van der Waals surface area contributed by atoms with E-state index in [0.717, 1.165) is 75.6 Å². The van der Waals surface area contributed by atoms with Crippen molar-refractivity contribution in [2.75, 3.05) is 0 Å². The molecule has 0 saturated heterocycles. The predicted octanol–water partition coefficient (Wildman–Crippen LogP) is 17.9. The van der Waals surface area contributed by atoms with Crippen LogP contribution in [0.5, 0.6) is 0 Å². The van der Waals surface area contributed by atoms with E-state index in [9.17, 15) is 5.53 Å². The molecule has 0 amide bonds. The standard InChI is InChI=1S/C55H84N2/c1-5-9-13-16-18-19-20-21-22-23-24-25-26-27-28-29-30-31-34-41-49-43-37-38-45-50(49)54-52(44-12-8-4)53(47-35-32-17-14-10-6-2)55(57(54)56)51-46-39-36-42-48(51)40-33-15-11-7-3/h7,11,36-39,42-43,45-46H,5-6,8-10,12-29,32-35,40-41,44,47H2,1-4H3. The minimum Gasteiger partial charge on any atom is -0.493 e. The highest BCUT2D eigenvalue weighted by molar-refractivity contribution is 5.83. The highest BCUT2D eigenvalue weighted by atomic mass is 15.2. The van der Waals surface area contributed by atoms with Crippen LogP contribution in [-0.2, 0) is 12.8 Å². The molecule has 1 aliphatic heterocycles. The van der Waals surface area contributed by atoms with Gasteiger partial charge in [0, 0.05) is 35.1 Å². The smallest absolute Gasteiger partial charge is 0.211 e. The summed E-state index contributed by atoms with van der Waals surface area (Å²) in [6, 6.07) is 17.7. The quantitative estimate of drug-likeness (QED) is 0.0299. The lowest BCUT2D eigenvalue weighted by Crippen LogP contribution is -2.07. The summed E-state index contributed by atoms with van der Waals surface area (Å²) in [5.41, 5.74) is 22.2.